The van der Waals surface area contributed by atoms with Gasteiger partial charge in [0.2, 0.25) is 11.2 Å². The first-order valence-electron chi connectivity index (χ1n) is 7.62. The van der Waals surface area contributed by atoms with E-state index in [-0.39, 0.29) is 29.6 Å². The summed E-state index contributed by atoms with van der Waals surface area (Å²) < 4.78 is 4.99. The van der Waals surface area contributed by atoms with Crippen LogP contribution in [-0.2, 0) is 20.7 Å². The van der Waals surface area contributed by atoms with Crippen LogP contribution in [0.3, 0.4) is 0 Å². The van der Waals surface area contributed by atoms with Crippen molar-refractivity contribution in [2.75, 3.05) is 13.2 Å². The average molecular weight is 329 g/mol. The standard InChI is InChI=1S/C14H21ClN4O3/c1-2-22-13(21)9-10-5-3-4-8-19(10)12(20)7-6-11-16-14(15)18-17-11/h10H,2-9H2,1H3,(H,16,17,18). The molecule has 0 saturated carbocycles. The van der Waals surface area contributed by atoms with E-state index >= 15 is 0 Å². The Bertz CT molecular complexity index is 520. The summed E-state index contributed by atoms with van der Waals surface area (Å²) in [5, 5.41) is 6.56. The number of carbonyl (C=O) groups excluding carboxylic acids is 2. The minimum absolute atomic E-state index is 0.0292. The van der Waals surface area contributed by atoms with E-state index in [0.29, 0.717) is 31.8 Å². The van der Waals surface area contributed by atoms with Crippen molar-refractivity contribution >= 4 is 23.5 Å². The SMILES string of the molecule is CCOC(=O)CC1CCCCN1C(=O)CCc1nc(Cl)n[nH]1. The van der Waals surface area contributed by atoms with Crippen LogP contribution in [0.1, 0.15) is 44.9 Å². The van der Waals surface area contributed by atoms with Crippen LogP contribution in [0.25, 0.3) is 0 Å². The van der Waals surface area contributed by atoms with Crippen molar-refractivity contribution in [1.29, 1.82) is 0 Å². The number of amides is 1. The molecular formula is C14H21ClN4O3. The molecule has 2 heterocycles. The highest BCUT2D eigenvalue weighted by molar-refractivity contribution is 6.28. The molecular weight excluding hydrogens is 308 g/mol. The molecule has 1 unspecified atom stereocenters. The number of hydrogen-bond donors (Lipinski definition) is 1. The van der Waals surface area contributed by atoms with Crippen LogP contribution in [0.15, 0.2) is 0 Å². The first-order chi connectivity index (χ1) is 10.6. The van der Waals surface area contributed by atoms with Gasteiger partial charge in [0, 0.05) is 25.4 Å². The lowest BCUT2D eigenvalue weighted by Crippen LogP contribution is -2.45. The number of aromatic amines is 1. The van der Waals surface area contributed by atoms with Crippen molar-refractivity contribution in [3.8, 4) is 0 Å². The molecule has 1 aromatic heterocycles. The largest absolute Gasteiger partial charge is 0.466 e. The Kier molecular flexibility index (Phi) is 6.18. The van der Waals surface area contributed by atoms with Gasteiger partial charge in [-0.25, -0.2) is 4.98 Å². The van der Waals surface area contributed by atoms with E-state index in [1.807, 2.05) is 0 Å². The maximum atomic E-state index is 12.4. The zero-order valence-electron chi connectivity index (χ0n) is 12.7. The molecule has 1 atom stereocenters. The summed E-state index contributed by atoms with van der Waals surface area (Å²) in [6, 6.07) is -0.0568. The van der Waals surface area contributed by atoms with Gasteiger partial charge in [-0.1, -0.05) is 0 Å². The summed E-state index contributed by atoms with van der Waals surface area (Å²) in [5.41, 5.74) is 0. The number of ether oxygens (including phenoxy) is 1. The molecule has 2 rings (SSSR count). The molecule has 122 valence electrons. The Morgan fingerprint density at radius 1 is 1.45 bits per heavy atom. The second-order valence-electron chi connectivity index (χ2n) is 5.30. The maximum absolute atomic E-state index is 12.4. The zero-order chi connectivity index (χ0) is 15.9. The number of carbonyl (C=O) groups is 2. The molecule has 0 aliphatic carbocycles. The fourth-order valence-electron chi connectivity index (χ4n) is 2.71. The molecule has 7 nitrogen and oxygen atoms in total. The zero-order valence-corrected chi connectivity index (χ0v) is 13.4. The molecule has 22 heavy (non-hydrogen) atoms. The highest BCUT2D eigenvalue weighted by Gasteiger charge is 2.28. The first kappa shape index (κ1) is 16.7. The summed E-state index contributed by atoms with van der Waals surface area (Å²) in [5.74, 6) is 0.382. The van der Waals surface area contributed by atoms with Gasteiger partial charge in [-0.3, -0.25) is 14.7 Å². The average Bonchev–Trinajstić information content (AvgIpc) is 2.91. The molecule has 1 aliphatic rings. The van der Waals surface area contributed by atoms with E-state index in [2.05, 4.69) is 15.2 Å². The van der Waals surface area contributed by atoms with Gasteiger partial charge < -0.3 is 9.64 Å². The second-order valence-corrected chi connectivity index (χ2v) is 5.64. The van der Waals surface area contributed by atoms with Crippen molar-refractivity contribution in [1.82, 2.24) is 20.1 Å². The van der Waals surface area contributed by atoms with Crippen molar-refractivity contribution < 1.29 is 14.3 Å². The van der Waals surface area contributed by atoms with Crippen LogP contribution < -0.4 is 0 Å². The summed E-state index contributed by atoms with van der Waals surface area (Å²) in [6.07, 6.45) is 3.91. The Hall–Kier alpha value is -1.63. The van der Waals surface area contributed by atoms with Gasteiger partial charge in [-0.05, 0) is 37.8 Å². The quantitative estimate of drug-likeness (QED) is 0.803. The first-order valence-corrected chi connectivity index (χ1v) is 7.99. The third kappa shape index (κ3) is 4.69. The molecule has 0 radical (unpaired) electrons. The Balaban J connectivity index is 1.88. The van der Waals surface area contributed by atoms with Crippen LogP contribution in [-0.4, -0.2) is 51.2 Å². The fraction of sp³-hybridized carbons (Fsp3) is 0.714. The number of esters is 1. The molecule has 0 aromatic carbocycles. The van der Waals surface area contributed by atoms with E-state index < -0.39 is 0 Å². The van der Waals surface area contributed by atoms with Crippen LogP contribution >= 0.6 is 11.6 Å². The maximum Gasteiger partial charge on any atom is 0.307 e. The number of rotatable bonds is 6. The van der Waals surface area contributed by atoms with E-state index in [0.717, 1.165) is 19.3 Å². The van der Waals surface area contributed by atoms with Crippen molar-refractivity contribution in [2.24, 2.45) is 0 Å². The van der Waals surface area contributed by atoms with Gasteiger partial charge in [0.05, 0.1) is 13.0 Å². The summed E-state index contributed by atoms with van der Waals surface area (Å²) in [4.78, 5) is 29.8. The minimum Gasteiger partial charge on any atom is -0.466 e. The van der Waals surface area contributed by atoms with Gasteiger partial charge in [0.15, 0.2) is 0 Å². The molecule has 1 saturated heterocycles. The summed E-state index contributed by atoms with van der Waals surface area (Å²) in [6.45, 7) is 2.84. The van der Waals surface area contributed by atoms with Crippen molar-refractivity contribution in [2.45, 2.75) is 51.5 Å². The predicted molar refractivity (Wildman–Crippen MR) is 80.3 cm³/mol. The van der Waals surface area contributed by atoms with E-state index in [9.17, 15) is 9.59 Å². The molecule has 1 N–H and O–H groups in total. The van der Waals surface area contributed by atoms with Crippen molar-refractivity contribution in [3.63, 3.8) is 0 Å². The van der Waals surface area contributed by atoms with Gasteiger partial charge in [-0.2, -0.15) is 0 Å². The Morgan fingerprint density at radius 2 is 2.27 bits per heavy atom. The van der Waals surface area contributed by atoms with Gasteiger partial charge in [-0.15, -0.1) is 5.10 Å². The molecule has 1 fully saturated rings. The fourth-order valence-corrected chi connectivity index (χ4v) is 2.85. The number of H-pyrrole nitrogens is 1. The van der Waals surface area contributed by atoms with Crippen LogP contribution in [0.4, 0.5) is 0 Å². The lowest BCUT2D eigenvalue weighted by molar-refractivity contribution is -0.146. The highest BCUT2D eigenvalue weighted by Crippen LogP contribution is 2.21. The second kappa shape index (κ2) is 8.12. The number of hydrogen-bond acceptors (Lipinski definition) is 5. The van der Waals surface area contributed by atoms with E-state index in [4.69, 9.17) is 16.3 Å². The number of likely N-dealkylation sites (tertiary alicyclic amines) is 1. The van der Waals surface area contributed by atoms with Crippen LogP contribution in [0.2, 0.25) is 5.28 Å². The number of aryl methyl sites for hydroxylation is 1. The number of halogens is 1. The summed E-state index contributed by atoms with van der Waals surface area (Å²) >= 11 is 5.63. The van der Waals surface area contributed by atoms with Gasteiger partial charge >= 0.3 is 5.97 Å². The monoisotopic (exact) mass is 328 g/mol. The molecule has 0 bridgehead atoms. The lowest BCUT2D eigenvalue weighted by atomic mass is 9.98. The van der Waals surface area contributed by atoms with Gasteiger partial charge in [0.25, 0.3) is 0 Å². The number of nitrogens with zero attached hydrogens (tertiary/aromatic N) is 3. The normalized spacial score (nSPS) is 18.3. The van der Waals surface area contributed by atoms with Crippen LogP contribution in [0, 0.1) is 0 Å². The third-order valence-corrected chi connectivity index (χ3v) is 3.90. The molecule has 1 aliphatic heterocycles. The number of nitrogens with one attached hydrogen (secondary N) is 1. The Labute approximate surface area is 134 Å². The lowest BCUT2D eigenvalue weighted by Gasteiger charge is -2.35. The van der Waals surface area contributed by atoms with E-state index in [1.165, 1.54) is 0 Å². The molecule has 1 amide bonds. The third-order valence-electron chi connectivity index (χ3n) is 3.74. The highest BCUT2D eigenvalue weighted by atomic mass is 35.5. The topological polar surface area (TPSA) is 88.2 Å². The molecule has 0 spiro atoms. The van der Waals surface area contributed by atoms with E-state index in [1.54, 1.807) is 11.8 Å². The smallest absolute Gasteiger partial charge is 0.307 e. The number of piperidine rings is 1. The summed E-state index contributed by atoms with van der Waals surface area (Å²) in [7, 11) is 0. The Morgan fingerprint density at radius 3 is 2.95 bits per heavy atom. The minimum atomic E-state index is -0.241. The number of aromatic nitrogens is 3. The van der Waals surface area contributed by atoms with Crippen LogP contribution in [0.5, 0.6) is 0 Å². The van der Waals surface area contributed by atoms with Gasteiger partial charge in [0.1, 0.15) is 5.82 Å². The predicted octanol–water partition coefficient (Wildman–Crippen LogP) is 1.73. The molecule has 8 heteroatoms. The molecule has 1 aromatic rings. The van der Waals surface area contributed by atoms with Crippen molar-refractivity contribution in [3.05, 3.63) is 11.1 Å².